The van der Waals surface area contributed by atoms with Gasteiger partial charge in [-0.2, -0.15) is 0 Å². The molecular formula is C20H29N3O. The van der Waals surface area contributed by atoms with Crippen molar-refractivity contribution in [3.63, 3.8) is 0 Å². The number of imidazole rings is 1. The molecule has 1 aromatic carbocycles. The van der Waals surface area contributed by atoms with Crippen LogP contribution in [0.4, 0.5) is 0 Å². The highest BCUT2D eigenvalue weighted by molar-refractivity contribution is 5.76. The molecule has 1 aromatic heterocycles. The largest absolute Gasteiger partial charge is 0.326 e. The zero-order valence-electron chi connectivity index (χ0n) is 15.0. The normalized spacial score (nSPS) is 22.9. The summed E-state index contributed by atoms with van der Waals surface area (Å²) in [6.45, 7) is 6.78. The van der Waals surface area contributed by atoms with Crippen LogP contribution in [-0.4, -0.2) is 33.1 Å². The van der Waals surface area contributed by atoms with E-state index in [2.05, 4.69) is 35.9 Å². The minimum atomic E-state index is 0.0536. The molecule has 0 radical (unpaired) electrons. The highest BCUT2D eigenvalue weighted by atomic mass is 16.1. The van der Waals surface area contributed by atoms with Gasteiger partial charge in [0, 0.05) is 24.7 Å². The molecule has 4 heteroatoms. The second-order valence-electron chi connectivity index (χ2n) is 8.10. The highest BCUT2D eigenvalue weighted by Gasteiger charge is 2.36. The lowest BCUT2D eigenvalue weighted by Gasteiger charge is -2.47. The SMILES string of the molecule is Cc1ccc2[nH]c(=O)n(C3CCN(C4(C)CCCCC4)CC3)c2c1. The summed E-state index contributed by atoms with van der Waals surface area (Å²) in [5.74, 6) is 0. The molecule has 0 bridgehead atoms. The Morgan fingerprint density at radius 3 is 2.54 bits per heavy atom. The third kappa shape index (κ3) is 2.71. The molecule has 1 saturated heterocycles. The van der Waals surface area contributed by atoms with E-state index in [0.717, 1.165) is 37.0 Å². The minimum Gasteiger partial charge on any atom is -0.306 e. The van der Waals surface area contributed by atoms with E-state index in [1.807, 2.05) is 10.6 Å². The van der Waals surface area contributed by atoms with Crippen molar-refractivity contribution in [1.82, 2.24) is 14.5 Å². The van der Waals surface area contributed by atoms with Gasteiger partial charge in [0.2, 0.25) is 0 Å². The molecular weight excluding hydrogens is 298 g/mol. The molecule has 24 heavy (non-hydrogen) atoms. The Bertz CT molecular complexity index is 774. The number of aromatic amines is 1. The van der Waals surface area contributed by atoms with Crippen LogP contribution >= 0.6 is 0 Å². The van der Waals surface area contributed by atoms with E-state index in [1.54, 1.807) is 0 Å². The third-order valence-corrected chi connectivity index (χ3v) is 6.40. The van der Waals surface area contributed by atoms with E-state index in [0.29, 0.717) is 11.6 Å². The first-order valence-electron chi connectivity index (χ1n) is 9.53. The van der Waals surface area contributed by atoms with Crippen LogP contribution in [0.15, 0.2) is 23.0 Å². The molecule has 0 unspecified atom stereocenters. The molecule has 4 nitrogen and oxygen atoms in total. The number of hydrogen-bond acceptors (Lipinski definition) is 2. The summed E-state index contributed by atoms with van der Waals surface area (Å²) >= 11 is 0. The number of aromatic nitrogens is 2. The molecule has 2 heterocycles. The zero-order valence-corrected chi connectivity index (χ0v) is 15.0. The fraction of sp³-hybridized carbons (Fsp3) is 0.650. The molecule has 2 fully saturated rings. The molecule has 2 aliphatic rings. The van der Waals surface area contributed by atoms with Crippen LogP contribution in [0, 0.1) is 6.92 Å². The quantitative estimate of drug-likeness (QED) is 0.906. The first-order valence-corrected chi connectivity index (χ1v) is 9.53. The Kier molecular flexibility index (Phi) is 4.03. The van der Waals surface area contributed by atoms with Gasteiger partial charge in [0.25, 0.3) is 0 Å². The Morgan fingerprint density at radius 1 is 1.12 bits per heavy atom. The van der Waals surface area contributed by atoms with Gasteiger partial charge in [-0.05, 0) is 57.2 Å². The number of nitrogens with zero attached hydrogens (tertiary/aromatic N) is 2. The number of piperidine rings is 1. The fourth-order valence-corrected chi connectivity index (χ4v) is 4.89. The number of hydrogen-bond donors (Lipinski definition) is 1. The van der Waals surface area contributed by atoms with Crippen LogP contribution in [0.25, 0.3) is 11.0 Å². The summed E-state index contributed by atoms with van der Waals surface area (Å²) in [7, 11) is 0. The van der Waals surface area contributed by atoms with Gasteiger partial charge in [-0.25, -0.2) is 4.79 Å². The van der Waals surface area contributed by atoms with E-state index in [4.69, 9.17) is 0 Å². The molecule has 2 aromatic rings. The van der Waals surface area contributed by atoms with Crippen LogP contribution < -0.4 is 5.69 Å². The monoisotopic (exact) mass is 327 g/mol. The number of fused-ring (bicyclic) bond motifs is 1. The standard InChI is InChI=1S/C20H29N3O/c1-15-6-7-17-18(14-15)23(19(24)21-17)16-8-12-22(13-9-16)20(2)10-4-3-5-11-20/h6-7,14,16H,3-5,8-13H2,1-2H3,(H,21,24). The van der Waals surface area contributed by atoms with Gasteiger partial charge in [-0.1, -0.05) is 25.3 Å². The van der Waals surface area contributed by atoms with Crippen molar-refractivity contribution in [2.45, 2.75) is 70.4 Å². The molecule has 1 aliphatic carbocycles. The summed E-state index contributed by atoms with van der Waals surface area (Å²) in [6.07, 6.45) is 8.98. The summed E-state index contributed by atoms with van der Waals surface area (Å²) in [6, 6.07) is 6.56. The molecule has 4 rings (SSSR count). The maximum Gasteiger partial charge on any atom is 0.326 e. The topological polar surface area (TPSA) is 41.0 Å². The van der Waals surface area contributed by atoms with Crippen molar-refractivity contribution < 1.29 is 0 Å². The Morgan fingerprint density at radius 2 is 1.83 bits per heavy atom. The Hall–Kier alpha value is -1.55. The molecule has 0 atom stereocenters. The highest BCUT2D eigenvalue weighted by Crippen LogP contribution is 2.37. The number of likely N-dealkylation sites (tertiary alicyclic amines) is 1. The third-order valence-electron chi connectivity index (χ3n) is 6.40. The molecule has 1 saturated carbocycles. The first kappa shape index (κ1) is 15.9. The lowest BCUT2D eigenvalue weighted by molar-refractivity contribution is 0.0360. The van der Waals surface area contributed by atoms with Crippen LogP contribution in [0.5, 0.6) is 0 Å². The smallest absolute Gasteiger partial charge is 0.306 e. The van der Waals surface area contributed by atoms with Crippen LogP contribution in [0.3, 0.4) is 0 Å². The molecule has 1 aliphatic heterocycles. The summed E-state index contributed by atoms with van der Waals surface area (Å²) < 4.78 is 2.02. The maximum absolute atomic E-state index is 12.5. The van der Waals surface area contributed by atoms with E-state index in [-0.39, 0.29) is 5.69 Å². The second-order valence-corrected chi connectivity index (χ2v) is 8.10. The summed E-state index contributed by atoms with van der Waals surface area (Å²) in [5, 5.41) is 0. The number of rotatable bonds is 2. The number of benzene rings is 1. The van der Waals surface area contributed by atoms with Crippen molar-refractivity contribution in [1.29, 1.82) is 0 Å². The first-order chi connectivity index (χ1) is 11.6. The zero-order chi connectivity index (χ0) is 16.7. The van der Waals surface area contributed by atoms with Gasteiger partial charge < -0.3 is 4.98 Å². The number of aryl methyl sites for hydroxylation is 1. The van der Waals surface area contributed by atoms with E-state index < -0.39 is 0 Å². The van der Waals surface area contributed by atoms with Crippen molar-refractivity contribution in [2.75, 3.05) is 13.1 Å². The lowest BCUT2D eigenvalue weighted by atomic mass is 9.80. The van der Waals surface area contributed by atoms with E-state index in [1.165, 1.54) is 37.7 Å². The summed E-state index contributed by atoms with van der Waals surface area (Å²) in [4.78, 5) is 18.2. The molecule has 1 N–H and O–H groups in total. The average molecular weight is 327 g/mol. The van der Waals surface area contributed by atoms with E-state index in [9.17, 15) is 4.79 Å². The number of nitrogens with one attached hydrogen (secondary N) is 1. The van der Waals surface area contributed by atoms with Crippen molar-refractivity contribution in [2.24, 2.45) is 0 Å². The van der Waals surface area contributed by atoms with Crippen LogP contribution in [0.2, 0.25) is 0 Å². The Labute approximate surface area is 143 Å². The van der Waals surface area contributed by atoms with Gasteiger partial charge in [0.15, 0.2) is 0 Å². The minimum absolute atomic E-state index is 0.0536. The van der Waals surface area contributed by atoms with Gasteiger partial charge in [0.05, 0.1) is 11.0 Å². The predicted molar refractivity (Wildman–Crippen MR) is 98.6 cm³/mol. The Balaban J connectivity index is 1.55. The fourth-order valence-electron chi connectivity index (χ4n) is 4.89. The van der Waals surface area contributed by atoms with Gasteiger partial charge in [-0.15, -0.1) is 0 Å². The molecule has 0 spiro atoms. The van der Waals surface area contributed by atoms with Crippen molar-refractivity contribution >= 4 is 11.0 Å². The van der Waals surface area contributed by atoms with Gasteiger partial charge >= 0.3 is 5.69 Å². The lowest BCUT2D eigenvalue weighted by Crippen LogP contribution is -2.51. The molecule has 130 valence electrons. The van der Waals surface area contributed by atoms with Crippen LogP contribution in [0.1, 0.15) is 63.5 Å². The predicted octanol–water partition coefficient (Wildman–Crippen LogP) is 4.00. The van der Waals surface area contributed by atoms with Crippen LogP contribution in [-0.2, 0) is 0 Å². The second kappa shape index (κ2) is 6.07. The van der Waals surface area contributed by atoms with Gasteiger partial charge in [0.1, 0.15) is 0 Å². The average Bonchev–Trinajstić information content (AvgIpc) is 2.91. The number of H-pyrrole nitrogens is 1. The van der Waals surface area contributed by atoms with E-state index >= 15 is 0 Å². The maximum atomic E-state index is 12.5. The van der Waals surface area contributed by atoms with Crippen molar-refractivity contribution in [3.05, 3.63) is 34.2 Å². The molecule has 0 amide bonds. The van der Waals surface area contributed by atoms with Crippen molar-refractivity contribution in [3.8, 4) is 0 Å². The summed E-state index contributed by atoms with van der Waals surface area (Å²) in [5.41, 5.74) is 3.69. The van der Waals surface area contributed by atoms with Gasteiger partial charge in [-0.3, -0.25) is 9.47 Å².